The highest BCUT2D eigenvalue weighted by Gasteiger charge is 2.11. The Hall–Kier alpha value is -1.23. The van der Waals surface area contributed by atoms with Gasteiger partial charge in [0.25, 0.3) is 0 Å². The molecule has 1 heterocycles. The lowest BCUT2D eigenvalue weighted by atomic mass is 10.2. The molecule has 3 nitrogen and oxygen atoms in total. The molecule has 1 aromatic carbocycles. The number of aromatic carboxylic acids is 1. The van der Waals surface area contributed by atoms with Gasteiger partial charge in [0.2, 0.25) is 0 Å². The quantitative estimate of drug-likeness (QED) is 0.861. The molecule has 0 aliphatic rings. The second-order valence-corrected chi connectivity index (χ2v) is 6.07. The van der Waals surface area contributed by atoms with Crippen molar-refractivity contribution in [3.8, 4) is 0 Å². The minimum Gasteiger partial charge on any atom is -0.477 e. The predicted octanol–water partition coefficient (Wildman–Crippen LogP) is 4.67. The number of carboxylic acid groups (broad SMARTS) is 1. The number of benzene rings is 1. The van der Waals surface area contributed by atoms with Gasteiger partial charge < -0.3 is 10.4 Å². The molecule has 0 radical (unpaired) electrons. The molecule has 0 saturated heterocycles. The highest BCUT2D eigenvalue weighted by atomic mass is 35.5. The van der Waals surface area contributed by atoms with E-state index in [0.29, 0.717) is 21.5 Å². The smallest absolute Gasteiger partial charge is 0.345 e. The largest absolute Gasteiger partial charge is 0.477 e. The van der Waals surface area contributed by atoms with Gasteiger partial charge in [0.1, 0.15) is 4.88 Å². The van der Waals surface area contributed by atoms with Crippen molar-refractivity contribution < 1.29 is 9.90 Å². The molecule has 19 heavy (non-hydrogen) atoms. The fraction of sp³-hybridized carbons (Fsp3) is 0.154. The molecule has 0 unspecified atom stereocenters. The van der Waals surface area contributed by atoms with Gasteiger partial charge in [0, 0.05) is 16.4 Å². The minimum atomic E-state index is -0.903. The van der Waals surface area contributed by atoms with Crippen molar-refractivity contribution >= 4 is 46.2 Å². The zero-order valence-electron chi connectivity index (χ0n) is 10.0. The SMILES string of the molecule is Cc1sc(C(=O)O)cc1CNc1cc(Cl)ccc1Cl. The molecule has 0 atom stereocenters. The minimum absolute atomic E-state index is 0.339. The van der Waals surface area contributed by atoms with Crippen molar-refractivity contribution in [1.29, 1.82) is 0 Å². The summed E-state index contributed by atoms with van der Waals surface area (Å²) in [4.78, 5) is 12.2. The fourth-order valence-corrected chi connectivity index (χ4v) is 2.86. The van der Waals surface area contributed by atoms with Crippen LogP contribution in [0.1, 0.15) is 20.1 Å². The molecule has 1 aromatic heterocycles. The highest BCUT2D eigenvalue weighted by molar-refractivity contribution is 7.14. The molecule has 0 spiro atoms. The van der Waals surface area contributed by atoms with E-state index in [4.69, 9.17) is 28.3 Å². The van der Waals surface area contributed by atoms with Crippen LogP contribution in [0.5, 0.6) is 0 Å². The van der Waals surface area contributed by atoms with Crippen molar-refractivity contribution in [2.24, 2.45) is 0 Å². The van der Waals surface area contributed by atoms with E-state index >= 15 is 0 Å². The Labute approximate surface area is 124 Å². The average molecular weight is 316 g/mol. The summed E-state index contributed by atoms with van der Waals surface area (Å²) in [5, 5.41) is 13.3. The van der Waals surface area contributed by atoms with Crippen molar-refractivity contribution in [2.45, 2.75) is 13.5 Å². The molecule has 0 amide bonds. The van der Waals surface area contributed by atoms with Crippen LogP contribution >= 0.6 is 34.5 Å². The summed E-state index contributed by atoms with van der Waals surface area (Å²) in [5.74, 6) is -0.903. The maximum Gasteiger partial charge on any atom is 0.345 e. The van der Waals surface area contributed by atoms with Crippen LogP contribution in [-0.4, -0.2) is 11.1 Å². The van der Waals surface area contributed by atoms with Gasteiger partial charge in [-0.05, 0) is 36.8 Å². The molecule has 2 aromatic rings. The first-order valence-electron chi connectivity index (χ1n) is 5.49. The molecule has 0 aliphatic heterocycles. The van der Waals surface area contributed by atoms with Gasteiger partial charge in [-0.25, -0.2) is 4.79 Å². The molecule has 100 valence electrons. The van der Waals surface area contributed by atoms with Crippen LogP contribution in [-0.2, 0) is 6.54 Å². The van der Waals surface area contributed by atoms with Gasteiger partial charge in [0.15, 0.2) is 0 Å². The van der Waals surface area contributed by atoms with Crippen LogP contribution < -0.4 is 5.32 Å². The molecule has 0 saturated carbocycles. The van der Waals surface area contributed by atoms with Gasteiger partial charge in [-0.15, -0.1) is 11.3 Å². The summed E-state index contributed by atoms with van der Waals surface area (Å²) in [6.45, 7) is 2.41. The second kappa shape index (κ2) is 5.82. The molecule has 0 fully saturated rings. The third kappa shape index (κ3) is 3.41. The van der Waals surface area contributed by atoms with E-state index < -0.39 is 5.97 Å². The van der Waals surface area contributed by atoms with E-state index in [9.17, 15) is 4.79 Å². The van der Waals surface area contributed by atoms with Gasteiger partial charge in [-0.1, -0.05) is 23.2 Å². The van der Waals surface area contributed by atoms with Gasteiger partial charge in [-0.3, -0.25) is 0 Å². The molecular formula is C13H11Cl2NO2S. The van der Waals surface area contributed by atoms with Crippen LogP contribution in [0.15, 0.2) is 24.3 Å². The van der Waals surface area contributed by atoms with Gasteiger partial charge >= 0.3 is 5.97 Å². The van der Waals surface area contributed by atoms with Crippen molar-refractivity contribution in [3.05, 3.63) is 49.6 Å². The Bertz CT molecular complexity index is 625. The normalized spacial score (nSPS) is 10.5. The Balaban J connectivity index is 2.14. The molecule has 0 aliphatic carbocycles. The van der Waals surface area contributed by atoms with Crippen molar-refractivity contribution in [2.75, 3.05) is 5.32 Å². The van der Waals surface area contributed by atoms with Crippen LogP contribution in [0.4, 0.5) is 5.69 Å². The molecule has 6 heteroatoms. The average Bonchev–Trinajstić information content (AvgIpc) is 2.72. The first-order valence-corrected chi connectivity index (χ1v) is 7.06. The summed E-state index contributed by atoms with van der Waals surface area (Å²) in [7, 11) is 0. The summed E-state index contributed by atoms with van der Waals surface area (Å²) < 4.78 is 0. The van der Waals surface area contributed by atoms with E-state index in [1.165, 1.54) is 11.3 Å². The number of nitrogens with one attached hydrogen (secondary N) is 1. The molecule has 2 N–H and O–H groups in total. The van der Waals surface area contributed by atoms with Crippen molar-refractivity contribution in [3.63, 3.8) is 0 Å². The van der Waals surface area contributed by atoms with Gasteiger partial charge in [-0.2, -0.15) is 0 Å². The lowest BCUT2D eigenvalue weighted by molar-refractivity contribution is 0.0702. The topological polar surface area (TPSA) is 49.3 Å². The number of aryl methyl sites for hydroxylation is 1. The standard InChI is InChI=1S/C13H11Cl2NO2S/c1-7-8(4-12(19-7)13(17)18)6-16-11-5-9(14)2-3-10(11)15/h2-5,16H,6H2,1H3,(H,17,18). The maximum absolute atomic E-state index is 10.9. The molecule has 2 rings (SSSR count). The van der Waals surface area contributed by atoms with Crippen LogP contribution in [0.25, 0.3) is 0 Å². The van der Waals surface area contributed by atoms with Crippen LogP contribution in [0, 0.1) is 6.92 Å². The summed E-state index contributed by atoms with van der Waals surface area (Å²) >= 11 is 13.2. The Morgan fingerprint density at radius 3 is 2.74 bits per heavy atom. The lowest BCUT2D eigenvalue weighted by Gasteiger charge is -2.08. The summed E-state index contributed by atoms with van der Waals surface area (Å²) in [6, 6.07) is 6.85. The number of anilines is 1. The number of thiophene rings is 1. The first-order chi connectivity index (χ1) is 8.97. The summed E-state index contributed by atoms with van der Waals surface area (Å²) in [5.41, 5.74) is 1.68. The number of hydrogen-bond acceptors (Lipinski definition) is 3. The van der Waals surface area contributed by atoms with Crippen molar-refractivity contribution in [1.82, 2.24) is 0 Å². The third-order valence-electron chi connectivity index (χ3n) is 2.63. The number of carbonyl (C=O) groups is 1. The van der Waals surface area contributed by atoms with E-state index in [1.807, 2.05) is 6.92 Å². The first kappa shape index (κ1) is 14.2. The number of rotatable bonds is 4. The number of hydrogen-bond donors (Lipinski definition) is 2. The number of carboxylic acids is 1. The van der Waals surface area contributed by atoms with E-state index in [2.05, 4.69) is 5.32 Å². The monoisotopic (exact) mass is 315 g/mol. The zero-order chi connectivity index (χ0) is 14.0. The lowest BCUT2D eigenvalue weighted by Crippen LogP contribution is -2.00. The second-order valence-electron chi connectivity index (χ2n) is 3.97. The Kier molecular flexibility index (Phi) is 4.34. The number of halogens is 2. The van der Waals surface area contributed by atoms with Crippen LogP contribution in [0.2, 0.25) is 10.0 Å². The van der Waals surface area contributed by atoms with Gasteiger partial charge in [0.05, 0.1) is 10.7 Å². The third-order valence-corrected chi connectivity index (χ3v) is 4.27. The van der Waals surface area contributed by atoms with E-state index in [-0.39, 0.29) is 0 Å². The van der Waals surface area contributed by atoms with E-state index in [0.717, 1.165) is 16.1 Å². The maximum atomic E-state index is 10.9. The van der Waals surface area contributed by atoms with Crippen LogP contribution in [0.3, 0.4) is 0 Å². The zero-order valence-corrected chi connectivity index (χ0v) is 12.4. The Morgan fingerprint density at radius 2 is 2.11 bits per heavy atom. The Morgan fingerprint density at radius 1 is 1.37 bits per heavy atom. The fourth-order valence-electron chi connectivity index (χ4n) is 1.62. The summed E-state index contributed by atoms with van der Waals surface area (Å²) in [6.07, 6.45) is 0. The highest BCUT2D eigenvalue weighted by Crippen LogP contribution is 2.27. The molecular weight excluding hydrogens is 305 g/mol. The van der Waals surface area contributed by atoms with E-state index in [1.54, 1.807) is 24.3 Å². The predicted molar refractivity (Wildman–Crippen MR) is 79.8 cm³/mol. The molecule has 0 bridgehead atoms.